The van der Waals surface area contributed by atoms with Crippen molar-refractivity contribution in [1.29, 1.82) is 0 Å². The first-order valence-electron chi connectivity index (χ1n) is 13.4. The van der Waals surface area contributed by atoms with Crippen molar-refractivity contribution in [1.82, 2.24) is 25.3 Å². The van der Waals surface area contributed by atoms with E-state index in [-0.39, 0.29) is 6.92 Å². The Morgan fingerprint density at radius 3 is 2.49 bits per heavy atom. The molecule has 12 heteroatoms. The number of aromatic nitrogens is 4. The van der Waals surface area contributed by atoms with Gasteiger partial charge in [-0.05, 0) is 75.6 Å². The highest BCUT2D eigenvalue weighted by atomic mass is 19.4. The van der Waals surface area contributed by atoms with Gasteiger partial charge in [-0.2, -0.15) is 23.1 Å². The summed E-state index contributed by atoms with van der Waals surface area (Å²) in [6, 6.07) is 6.80. The van der Waals surface area contributed by atoms with Gasteiger partial charge in [0, 0.05) is 44.0 Å². The number of hydrogen-bond acceptors (Lipinski definition) is 7. The number of carbonyl (C=O) groups excluding carboxylic acids is 1. The van der Waals surface area contributed by atoms with Crippen LogP contribution in [0.25, 0.3) is 11.2 Å². The third kappa shape index (κ3) is 9.29. The number of nitrogens with zero attached hydrogens (tertiary/aromatic N) is 4. The number of carbonyl (C=O) groups is 1. The molecule has 0 unspecified atom stereocenters. The zero-order valence-corrected chi connectivity index (χ0v) is 23.0. The Kier molecular flexibility index (Phi) is 10.8. The molecule has 0 bridgehead atoms. The maximum absolute atomic E-state index is 10.6. The molecule has 2 aromatic heterocycles. The number of imidazole rings is 1. The molecule has 0 aliphatic heterocycles. The van der Waals surface area contributed by atoms with Crippen LogP contribution in [0.3, 0.4) is 0 Å². The molecule has 9 nitrogen and oxygen atoms in total. The molecule has 1 saturated carbocycles. The summed E-state index contributed by atoms with van der Waals surface area (Å²) in [6.45, 7) is 9.48. The molecule has 2 heterocycles. The lowest BCUT2D eigenvalue weighted by molar-refractivity contribution is -0.110. The van der Waals surface area contributed by atoms with Crippen molar-refractivity contribution in [3.8, 4) is 0 Å². The fraction of sp³-hybridized carbons (Fsp3) is 0.556. The van der Waals surface area contributed by atoms with Gasteiger partial charge in [-0.15, -0.1) is 0 Å². The molecule has 1 amide bonds. The average molecular weight is 549 g/mol. The summed E-state index contributed by atoms with van der Waals surface area (Å²) < 4.78 is 31.1. The monoisotopic (exact) mass is 548 g/mol. The second-order valence-corrected chi connectivity index (χ2v) is 9.87. The number of aryl methyl sites for hydroxylation is 1. The maximum atomic E-state index is 10.6. The van der Waals surface area contributed by atoms with E-state index in [1.165, 1.54) is 5.69 Å². The molecule has 0 spiro atoms. The third-order valence-electron chi connectivity index (χ3n) is 6.66. The zero-order chi connectivity index (χ0) is 28.4. The molecule has 4 N–H and O–H groups in total. The van der Waals surface area contributed by atoms with Crippen molar-refractivity contribution in [2.24, 2.45) is 5.92 Å². The van der Waals surface area contributed by atoms with Gasteiger partial charge in [-0.3, -0.25) is 4.79 Å². The largest absolute Gasteiger partial charge is 0.386 e. The van der Waals surface area contributed by atoms with Crippen molar-refractivity contribution in [2.75, 3.05) is 35.2 Å². The predicted molar refractivity (Wildman–Crippen MR) is 149 cm³/mol. The van der Waals surface area contributed by atoms with Gasteiger partial charge in [-0.1, -0.05) is 6.92 Å². The molecule has 0 saturated heterocycles. The minimum atomic E-state index is -4.00. The summed E-state index contributed by atoms with van der Waals surface area (Å²) >= 11 is 0. The number of anilines is 4. The Hall–Kier alpha value is -3.57. The number of benzene rings is 1. The van der Waals surface area contributed by atoms with E-state index in [9.17, 15) is 18.0 Å². The molecular formula is C27H39F3N8O. The lowest BCUT2D eigenvalue weighted by Crippen LogP contribution is -2.31. The standard InChI is InChI=1S/C25H36N8O.C2H3F3/c1-4-12-33(5-2)20-10-11-21(17(3)13-20)30-25-31-23-22(27-15-28-23)24(32-25)29-19-8-6-18(7-9-19)14-26-16-34;1-2(3,4)5/h10-11,13,15-16,18-19H,4-9,12,14H2,1-3H3,(H,26,34)(H3,27,28,29,30,31,32);1H3. The van der Waals surface area contributed by atoms with Crippen molar-refractivity contribution in [3.05, 3.63) is 30.1 Å². The number of rotatable bonds is 11. The van der Waals surface area contributed by atoms with Crippen LogP contribution in [0, 0.1) is 12.8 Å². The molecule has 1 aliphatic carbocycles. The Morgan fingerprint density at radius 1 is 1.15 bits per heavy atom. The van der Waals surface area contributed by atoms with Gasteiger partial charge in [0.05, 0.1) is 6.33 Å². The van der Waals surface area contributed by atoms with Gasteiger partial charge in [0.2, 0.25) is 12.4 Å². The van der Waals surface area contributed by atoms with Crippen LogP contribution in [-0.2, 0) is 4.79 Å². The topological polar surface area (TPSA) is 111 Å². The first-order chi connectivity index (χ1) is 18.6. The van der Waals surface area contributed by atoms with Crippen molar-refractivity contribution < 1.29 is 18.0 Å². The molecule has 1 aromatic carbocycles. The molecular weight excluding hydrogens is 509 g/mol. The van der Waals surface area contributed by atoms with E-state index in [2.05, 4.69) is 74.8 Å². The van der Waals surface area contributed by atoms with E-state index < -0.39 is 6.18 Å². The van der Waals surface area contributed by atoms with Crippen LogP contribution in [0.4, 0.5) is 36.3 Å². The number of aromatic amines is 1. The predicted octanol–water partition coefficient (Wildman–Crippen LogP) is 5.93. The van der Waals surface area contributed by atoms with Gasteiger partial charge in [0.1, 0.15) is 5.52 Å². The Balaban J connectivity index is 0.000000771. The van der Waals surface area contributed by atoms with Crippen LogP contribution >= 0.6 is 0 Å². The van der Waals surface area contributed by atoms with Gasteiger partial charge in [0.25, 0.3) is 0 Å². The normalized spacial score (nSPS) is 17.2. The zero-order valence-electron chi connectivity index (χ0n) is 23.0. The summed E-state index contributed by atoms with van der Waals surface area (Å²) in [4.78, 5) is 29.9. The average Bonchev–Trinajstić information content (AvgIpc) is 3.36. The lowest BCUT2D eigenvalue weighted by atomic mass is 9.86. The fourth-order valence-corrected chi connectivity index (χ4v) is 4.76. The Labute approximate surface area is 227 Å². The van der Waals surface area contributed by atoms with E-state index in [0.717, 1.165) is 80.7 Å². The van der Waals surface area contributed by atoms with Crippen LogP contribution in [0.2, 0.25) is 0 Å². The van der Waals surface area contributed by atoms with Gasteiger partial charge in [0.15, 0.2) is 11.5 Å². The van der Waals surface area contributed by atoms with Gasteiger partial charge in [-0.25, -0.2) is 4.98 Å². The summed E-state index contributed by atoms with van der Waals surface area (Å²) in [5, 5.41) is 9.83. The van der Waals surface area contributed by atoms with Crippen LogP contribution in [0.5, 0.6) is 0 Å². The van der Waals surface area contributed by atoms with Crippen LogP contribution in [0.15, 0.2) is 24.5 Å². The van der Waals surface area contributed by atoms with Crippen molar-refractivity contribution in [3.63, 3.8) is 0 Å². The fourth-order valence-electron chi connectivity index (χ4n) is 4.76. The van der Waals surface area contributed by atoms with Gasteiger partial charge >= 0.3 is 6.18 Å². The first kappa shape index (κ1) is 30.0. The quantitative estimate of drug-likeness (QED) is 0.220. The SMILES string of the molecule is CC(F)(F)F.CCCN(CC)c1ccc(Nc2nc(NC3CCC(CNC=O)CC3)c3[nH]cnc3n2)c(C)c1. The minimum Gasteiger partial charge on any atom is -0.372 e. The van der Waals surface area contributed by atoms with Crippen molar-refractivity contribution >= 4 is 40.7 Å². The van der Waals surface area contributed by atoms with E-state index in [1.807, 2.05) is 0 Å². The summed E-state index contributed by atoms with van der Waals surface area (Å²) in [6.07, 6.45) is 3.81. The van der Waals surface area contributed by atoms with Crippen molar-refractivity contribution in [2.45, 2.75) is 72.0 Å². The van der Waals surface area contributed by atoms with E-state index in [1.54, 1.807) is 6.33 Å². The number of fused-ring (bicyclic) bond motifs is 1. The summed E-state index contributed by atoms with van der Waals surface area (Å²) in [5.74, 6) is 1.85. The number of H-pyrrole nitrogens is 1. The molecule has 4 rings (SSSR count). The number of hydrogen-bond donors (Lipinski definition) is 4. The number of nitrogens with one attached hydrogen (secondary N) is 4. The molecule has 214 valence electrons. The van der Waals surface area contributed by atoms with Crippen LogP contribution in [-0.4, -0.2) is 58.2 Å². The summed E-state index contributed by atoms with van der Waals surface area (Å²) in [7, 11) is 0. The van der Waals surface area contributed by atoms with Crippen LogP contribution in [0.1, 0.15) is 58.4 Å². The second-order valence-electron chi connectivity index (χ2n) is 9.87. The Bertz CT molecular complexity index is 1190. The highest BCUT2D eigenvalue weighted by molar-refractivity contribution is 5.84. The van der Waals surface area contributed by atoms with E-state index >= 15 is 0 Å². The molecule has 1 fully saturated rings. The third-order valence-corrected chi connectivity index (χ3v) is 6.66. The molecule has 3 aromatic rings. The number of amides is 1. The second kappa shape index (κ2) is 14.0. The maximum Gasteiger partial charge on any atom is 0.386 e. The van der Waals surface area contributed by atoms with E-state index in [0.29, 0.717) is 23.6 Å². The first-order valence-corrected chi connectivity index (χ1v) is 13.4. The molecule has 0 atom stereocenters. The minimum absolute atomic E-state index is 0.188. The van der Waals surface area contributed by atoms with E-state index in [4.69, 9.17) is 4.98 Å². The molecule has 39 heavy (non-hydrogen) atoms. The highest BCUT2D eigenvalue weighted by Gasteiger charge is 2.22. The number of alkyl halides is 3. The smallest absolute Gasteiger partial charge is 0.372 e. The molecule has 0 radical (unpaired) electrons. The summed E-state index contributed by atoms with van der Waals surface area (Å²) in [5.41, 5.74) is 4.83. The van der Waals surface area contributed by atoms with Gasteiger partial charge < -0.3 is 25.8 Å². The highest BCUT2D eigenvalue weighted by Crippen LogP contribution is 2.29. The lowest BCUT2D eigenvalue weighted by Gasteiger charge is -2.29. The Morgan fingerprint density at radius 2 is 1.87 bits per heavy atom. The molecule has 1 aliphatic rings. The van der Waals surface area contributed by atoms with Crippen LogP contribution < -0.4 is 20.9 Å². The number of halogens is 3.